The maximum Gasteiger partial charge on any atom is 0.232 e. The molecule has 0 heterocycles. The van der Waals surface area contributed by atoms with Gasteiger partial charge in [0.05, 0.1) is 11.4 Å². The first-order chi connectivity index (χ1) is 8.48. The molecule has 98 valence electrons. The van der Waals surface area contributed by atoms with E-state index in [-0.39, 0.29) is 12.4 Å². The molecule has 0 aliphatic rings. The van der Waals surface area contributed by atoms with E-state index in [9.17, 15) is 8.42 Å². The summed E-state index contributed by atoms with van der Waals surface area (Å²) in [4.78, 5) is 0. The van der Waals surface area contributed by atoms with E-state index in [4.69, 9.17) is 5.11 Å². The highest BCUT2D eigenvalue weighted by Gasteiger charge is 2.10. The molecule has 0 aromatic heterocycles. The normalized spacial score (nSPS) is 10.6. The number of nitrogens with one attached hydrogen (secondary N) is 1. The quantitative estimate of drug-likeness (QED) is 0.812. The van der Waals surface area contributed by atoms with Crippen molar-refractivity contribution in [1.29, 1.82) is 0 Å². The van der Waals surface area contributed by atoms with Crippen LogP contribution in [0.25, 0.3) is 0 Å². The third-order valence-electron chi connectivity index (χ3n) is 2.29. The Kier molecular flexibility index (Phi) is 5.20. The minimum atomic E-state index is -3.29. The fraction of sp³-hybridized carbons (Fsp3) is 0.385. The molecule has 0 aliphatic carbocycles. The van der Waals surface area contributed by atoms with E-state index >= 15 is 0 Å². The van der Waals surface area contributed by atoms with Gasteiger partial charge in [-0.3, -0.25) is 4.72 Å². The summed E-state index contributed by atoms with van der Waals surface area (Å²) >= 11 is 0. The number of sulfonamides is 1. The number of benzene rings is 1. The molecule has 5 heteroatoms. The molecule has 0 bridgehead atoms. The molecular weight excluding hydrogens is 250 g/mol. The van der Waals surface area contributed by atoms with Gasteiger partial charge in [-0.15, -0.1) is 0 Å². The summed E-state index contributed by atoms with van der Waals surface area (Å²) in [7, 11) is -3.29. The summed E-state index contributed by atoms with van der Waals surface area (Å²) in [6.45, 7) is 3.42. The zero-order valence-corrected chi connectivity index (χ0v) is 11.3. The lowest BCUT2D eigenvalue weighted by Gasteiger charge is -2.10. The monoisotopic (exact) mass is 267 g/mol. The number of hydrogen-bond acceptors (Lipinski definition) is 3. The van der Waals surface area contributed by atoms with Gasteiger partial charge in [-0.2, -0.15) is 0 Å². The van der Waals surface area contributed by atoms with Gasteiger partial charge in [0.2, 0.25) is 10.0 Å². The van der Waals surface area contributed by atoms with Gasteiger partial charge in [-0.25, -0.2) is 8.42 Å². The topological polar surface area (TPSA) is 66.4 Å². The van der Waals surface area contributed by atoms with E-state index in [0.717, 1.165) is 5.56 Å². The Labute approximate surface area is 108 Å². The minimum Gasteiger partial charge on any atom is -0.384 e. The predicted octanol–water partition coefficient (Wildman–Crippen LogP) is 1.49. The van der Waals surface area contributed by atoms with E-state index in [2.05, 4.69) is 16.6 Å². The van der Waals surface area contributed by atoms with Crippen molar-refractivity contribution in [1.82, 2.24) is 0 Å². The lowest BCUT2D eigenvalue weighted by molar-refractivity contribution is 0.350. The van der Waals surface area contributed by atoms with Crippen LogP contribution in [0.4, 0.5) is 5.69 Å². The smallest absolute Gasteiger partial charge is 0.232 e. The highest BCUT2D eigenvalue weighted by Crippen LogP contribution is 2.18. The first-order valence-electron chi connectivity index (χ1n) is 5.69. The Bertz CT molecular complexity index is 568. The van der Waals surface area contributed by atoms with Crippen molar-refractivity contribution in [3.63, 3.8) is 0 Å². The summed E-state index contributed by atoms with van der Waals surface area (Å²) in [6, 6.07) is 5.26. The fourth-order valence-corrected chi connectivity index (χ4v) is 2.63. The zero-order valence-electron chi connectivity index (χ0n) is 10.5. The number of rotatable bonds is 4. The average Bonchev–Trinajstić information content (AvgIpc) is 2.29. The lowest BCUT2D eigenvalue weighted by atomic mass is 10.1. The third kappa shape index (κ3) is 4.40. The maximum absolute atomic E-state index is 11.7. The van der Waals surface area contributed by atoms with Gasteiger partial charge in [-0.1, -0.05) is 24.8 Å². The third-order valence-corrected chi connectivity index (χ3v) is 3.76. The van der Waals surface area contributed by atoms with Crippen LogP contribution in [0.15, 0.2) is 18.2 Å². The van der Waals surface area contributed by atoms with Crippen LogP contribution >= 0.6 is 0 Å². The molecule has 18 heavy (non-hydrogen) atoms. The van der Waals surface area contributed by atoms with Crippen molar-refractivity contribution < 1.29 is 13.5 Å². The van der Waals surface area contributed by atoms with E-state index in [1.165, 1.54) is 0 Å². The van der Waals surface area contributed by atoms with E-state index in [1.807, 2.05) is 13.8 Å². The van der Waals surface area contributed by atoms with E-state index in [0.29, 0.717) is 17.7 Å². The molecule has 2 N–H and O–H groups in total. The molecule has 0 unspecified atom stereocenters. The van der Waals surface area contributed by atoms with Crippen molar-refractivity contribution in [3.05, 3.63) is 29.3 Å². The summed E-state index contributed by atoms with van der Waals surface area (Å²) in [6.07, 6.45) is 0.568. The second-order valence-corrected chi connectivity index (χ2v) is 5.75. The van der Waals surface area contributed by atoms with Crippen LogP contribution in [-0.2, 0) is 10.0 Å². The van der Waals surface area contributed by atoms with Crippen LogP contribution in [0, 0.1) is 18.8 Å². The lowest BCUT2D eigenvalue weighted by Crippen LogP contribution is -2.16. The van der Waals surface area contributed by atoms with Crippen molar-refractivity contribution in [3.8, 4) is 11.8 Å². The predicted molar refractivity (Wildman–Crippen MR) is 72.8 cm³/mol. The molecule has 0 saturated carbocycles. The van der Waals surface area contributed by atoms with Crippen LogP contribution in [0.1, 0.15) is 24.5 Å². The van der Waals surface area contributed by atoms with Crippen molar-refractivity contribution in [2.45, 2.75) is 20.3 Å². The standard InChI is InChI=1S/C13H17NO3S/c1-3-9-18(16,17)14-13-10-12(5-4-8-15)7-6-11(13)2/h6-7,10,14-15H,3,8-9H2,1-2H3. The van der Waals surface area contributed by atoms with Crippen LogP contribution < -0.4 is 4.72 Å². The largest absolute Gasteiger partial charge is 0.384 e. The molecule has 0 aliphatic heterocycles. The Morgan fingerprint density at radius 2 is 2.11 bits per heavy atom. The minimum absolute atomic E-state index is 0.0962. The number of aliphatic hydroxyl groups is 1. The second kappa shape index (κ2) is 6.43. The van der Waals surface area contributed by atoms with Gasteiger partial charge in [-0.05, 0) is 31.0 Å². The summed E-state index contributed by atoms with van der Waals surface area (Å²) in [5.74, 6) is 5.37. The van der Waals surface area contributed by atoms with Gasteiger partial charge in [0.15, 0.2) is 0 Å². The summed E-state index contributed by atoms with van der Waals surface area (Å²) < 4.78 is 25.9. The van der Waals surface area contributed by atoms with Gasteiger partial charge in [0, 0.05) is 5.56 Å². The first kappa shape index (κ1) is 14.6. The Morgan fingerprint density at radius 3 is 2.72 bits per heavy atom. The average molecular weight is 267 g/mol. The Hall–Kier alpha value is -1.51. The molecular formula is C13H17NO3S. The Morgan fingerprint density at radius 1 is 1.39 bits per heavy atom. The molecule has 0 spiro atoms. The number of aliphatic hydroxyl groups excluding tert-OH is 1. The molecule has 0 saturated heterocycles. The van der Waals surface area contributed by atoms with Crippen LogP contribution in [-0.4, -0.2) is 25.9 Å². The highest BCUT2D eigenvalue weighted by atomic mass is 32.2. The SMILES string of the molecule is CCCS(=O)(=O)Nc1cc(C#CCO)ccc1C. The van der Waals surface area contributed by atoms with E-state index < -0.39 is 10.0 Å². The van der Waals surface area contributed by atoms with Gasteiger partial charge < -0.3 is 5.11 Å². The maximum atomic E-state index is 11.7. The van der Waals surface area contributed by atoms with Gasteiger partial charge >= 0.3 is 0 Å². The highest BCUT2D eigenvalue weighted by molar-refractivity contribution is 7.92. The van der Waals surface area contributed by atoms with Crippen LogP contribution in [0.3, 0.4) is 0 Å². The molecule has 1 rings (SSSR count). The summed E-state index contributed by atoms with van der Waals surface area (Å²) in [5, 5.41) is 8.62. The van der Waals surface area contributed by atoms with Crippen molar-refractivity contribution >= 4 is 15.7 Å². The number of anilines is 1. The van der Waals surface area contributed by atoms with Crippen LogP contribution in [0.5, 0.6) is 0 Å². The van der Waals surface area contributed by atoms with Gasteiger partial charge in [0.1, 0.15) is 6.61 Å². The zero-order chi connectivity index (χ0) is 13.6. The van der Waals surface area contributed by atoms with Gasteiger partial charge in [0.25, 0.3) is 0 Å². The molecule has 0 fully saturated rings. The van der Waals surface area contributed by atoms with Crippen LogP contribution in [0.2, 0.25) is 0 Å². The molecule has 0 atom stereocenters. The molecule has 1 aromatic carbocycles. The van der Waals surface area contributed by atoms with Crippen molar-refractivity contribution in [2.24, 2.45) is 0 Å². The molecule has 4 nitrogen and oxygen atoms in total. The number of aryl methyl sites for hydroxylation is 1. The molecule has 1 aromatic rings. The number of hydrogen-bond donors (Lipinski definition) is 2. The Balaban J connectivity index is 3.01. The van der Waals surface area contributed by atoms with E-state index in [1.54, 1.807) is 18.2 Å². The molecule has 0 amide bonds. The first-order valence-corrected chi connectivity index (χ1v) is 7.34. The second-order valence-electron chi connectivity index (χ2n) is 3.91. The van der Waals surface area contributed by atoms with Crippen molar-refractivity contribution in [2.75, 3.05) is 17.1 Å². The summed E-state index contributed by atoms with van der Waals surface area (Å²) in [5.41, 5.74) is 2.04. The molecule has 0 radical (unpaired) electrons. The fourth-order valence-electron chi connectivity index (χ4n) is 1.44.